The van der Waals surface area contributed by atoms with Crippen LogP contribution in [-0.2, 0) is 6.54 Å². The van der Waals surface area contributed by atoms with Crippen molar-refractivity contribution in [3.8, 4) is 0 Å². The third kappa shape index (κ3) is 2.51. The summed E-state index contributed by atoms with van der Waals surface area (Å²) in [7, 11) is 0. The summed E-state index contributed by atoms with van der Waals surface area (Å²) in [5.74, 6) is 2.49. The van der Waals surface area contributed by atoms with Gasteiger partial charge in [0.2, 0.25) is 0 Å². The predicted octanol–water partition coefficient (Wildman–Crippen LogP) is 3.66. The van der Waals surface area contributed by atoms with Crippen LogP contribution in [0.4, 0.5) is 11.5 Å². The zero-order valence-corrected chi connectivity index (χ0v) is 12.9. The molecule has 1 fully saturated rings. The molecule has 1 N–H and O–H groups in total. The Morgan fingerprint density at radius 2 is 2.19 bits per heavy atom. The van der Waals surface area contributed by atoms with Crippen LogP contribution in [0.3, 0.4) is 0 Å². The van der Waals surface area contributed by atoms with Crippen LogP contribution in [0.1, 0.15) is 24.2 Å². The fourth-order valence-corrected chi connectivity index (χ4v) is 3.39. The smallest absolute Gasteiger partial charge is 0.152 e. The lowest BCUT2D eigenvalue weighted by atomic mass is 10.3. The minimum Gasteiger partial charge on any atom is -0.336 e. The van der Waals surface area contributed by atoms with Crippen LogP contribution in [0.2, 0.25) is 0 Å². The molecule has 0 amide bonds. The van der Waals surface area contributed by atoms with Crippen LogP contribution in [0.25, 0.3) is 10.2 Å². The van der Waals surface area contributed by atoms with E-state index in [-0.39, 0.29) is 0 Å². The predicted molar refractivity (Wildman–Crippen MR) is 85.1 cm³/mol. The molecular formula is C15H17N5S. The largest absolute Gasteiger partial charge is 0.336 e. The normalized spacial score (nSPS) is 14.8. The van der Waals surface area contributed by atoms with Gasteiger partial charge >= 0.3 is 0 Å². The highest BCUT2D eigenvalue weighted by molar-refractivity contribution is 7.18. The summed E-state index contributed by atoms with van der Waals surface area (Å²) < 4.78 is 3.12. The summed E-state index contributed by atoms with van der Waals surface area (Å²) in [6, 6.07) is 0. The van der Waals surface area contributed by atoms with Crippen molar-refractivity contribution in [1.82, 2.24) is 19.7 Å². The fourth-order valence-electron chi connectivity index (χ4n) is 2.46. The summed E-state index contributed by atoms with van der Waals surface area (Å²) in [5, 5.41) is 9.93. The summed E-state index contributed by atoms with van der Waals surface area (Å²) in [5.41, 5.74) is 3.23. The van der Waals surface area contributed by atoms with E-state index < -0.39 is 0 Å². The minimum atomic E-state index is 0.789. The lowest BCUT2D eigenvalue weighted by Crippen LogP contribution is -2.00. The van der Waals surface area contributed by atoms with Gasteiger partial charge in [-0.15, -0.1) is 11.3 Å². The van der Waals surface area contributed by atoms with E-state index in [1.807, 2.05) is 17.8 Å². The summed E-state index contributed by atoms with van der Waals surface area (Å²) in [6.45, 7) is 5.04. The van der Waals surface area contributed by atoms with Crippen LogP contribution >= 0.6 is 11.3 Å². The number of hydrogen-bond acceptors (Lipinski definition) is 5. The van der Waals surface area contributed by atoms with Crippen molar-refractivity contribution < 1.29 is 0 Å². The number of thiophene rings is 1. The molecule has 108 valence electrons. The molecule has 6 heteroatoms. The van der Waals surface area contributed by atoms with Gasteiger partial charge in [0.1, 0.15) is 5.82 Å². The molecule has 3 heterocycles. The molecule has 3 aromatic rings. The van der Waals surface area contributed by atoms with E-state index in [0.717, 1.165) is 40.0 Å². The van der Waals surface area contributed by atoms with Gasteiger partial charge in [0.05, 0.1) is 22.1 Å². The van der Waals surface area contributed by atoms with Crippen LogP contribution < -0.4 is 5.32 Å². The zero-order chi connectivity index (χ0) is 14.4. The second kappa shape index (κ2) is 4.80. The number of nitrogens with zero attached hydrogens (tertiary/aromatic N) is 4. The van der Waals surface area contributed by atoms with Crippen molar-refractivity contribution in [3.05, 3.63) is 29.2 Å². The molecule has 0 saturated heterocycles. The lowest BCUT2D eigenvalue weighted by Gasteiger charge is -2.05. The maximum atomic E-state index is 4.54. The standard InChI is InChI=1S/C15H17N5S/c1-9-8-21-14-13(9)17-10(2)18-15(14)19-12-5-16-20(7-12)6-11-3-4-11/h5,7-8,11H,3-4,6H2,1-2H3,(H,17,18,19). The van der Waals surface area contributed by atoms with Gasteiger partial charge in [0.15, 0.2) is 5.82 Å². The summed E-state index contributed by atoms with van der Waals surface area (Å²) >= 11 is 1.68. The zero-order valence-electron chi connectivity index (χ0n) is 12.1. The molecule has 0 unspecified atom stereocenters. The van der Waals surface area contributed by atoms with Gasteiger partial charge in [0.25, 0.3) is 0 Å². The van der Waals surface area contributed by atoms with Crippen LogP contribution in [-0.4, -0.2) is 19.7 Å². The molecule has 5 nitrogen and oxygen atoms in total. The number of rotatable bonds is 4. The quantitative estimate of drug-likeness (QED) is 0.799. The van der Waals surface area contributed by atoms with Gasteiger partial charge in [-0.1, -0.05) is 0 Å². The number of anilines is 2. The van der Waals surface area contributed by atoms with Gasteiger partial charge in [-0.25, -0.2) is 9.97 Å². The molecule has 0 radical (unpaired) electrons. The molecule has 1 saturated carbocycles. The van der Waals surface area contributed by atoms with Crippen molar-refractivity contribution >= 4 is 33.1 Å². The highest BCUT2D eigenvalue weighted by atomic mass is 32.1. The van der Waals surface area contributed by atoms with E-state index in [2.05, 4.69) is 38.9 Å². The van der Waals surface area contributed by atoms with Crippen molar-refractivity contribution in [3.63, 3.8) is 0 Å². The third-order valence-electron chi connectivity index (χ3n) is 3.74. The number of nitrogens with one attached hydrogen (secondary N) is 1. The van der Waals surface area contributed by atoms with Crippen LogP contribution in [0.15, 0.2) is 17.8 Å². The Balaban J connectivity index is 1.65. The second-order valence-corrected chi connectivity index (χ2v) is 6.61. The molecule has 0 aromatic carbocycles. The van der Waals surface area contributed by atoms with Gasteiger partial charge < -0.3 is 5.32 Å². The fraction of sp³-hybridized carbons (Fsp3) is 0.400. The lowest BCUT2D eigenvalue weighted by molar-refractivity contribution is 0.563. The van der Waals surface area contributed by atoms with Gasteiger partial charge in [-0.3, -0.25) is 4.68 Å². The average Bonchev–Trinajstić information content (AvgIpc) is 3.03. The van der Waals surface area contributed by atoms with Gasteiger partial charge in [-0.05, 0) is 43.6 Å². The molecule has 21 heavy (non-hydrogen) atoms. The van der Waals surface area contributed by atoms with Gasteiger partial charge in [-0.2, -0.15) is 5.10 Å². The molecule has 1 aliphatic carbocycles. The molecule has 0 bridgehead atoms. The highest BCUT2D eigenvalue weighted by Crippen LogP contribution is 2.32. The highest BCUT2D eigenvalue weighted by Gasteiger charge is 2.22. The first-order valence-corrected chi connectivity index (χ1v) is 8.09. The van der Waals surface area contributed by atoms with Crippen molar-refractivity contribution in [1.29, 1.82) is 0 Å². The van der Waals surface area contributed by atoms with Crippen LogP contribution in [0, 0.1) is 19.8 Å². The Kier molecular flexibility index (Phi) is 2.92. The van der Waals surface area contributed by atoms with E-state index in [0.29, 0.717) is 0 Å². The molecule has 3 aromatic heterocycles. The van der Waals surface area contributed by atoms with Crippen molar-refractivity contribution in [2.24, 2.45) is 5.92 Å². The Bertz CT molecular complexity index is 800. The second-order valence-electron chi connectivity index (χ2n) is 5.74. The molecule has 0 atom stereocenters. The number of fused-ring (bicyclic) bond motifs is 1. The monoisotopic (exact) mass is 299 g/mol. The number of aromatic nitrogens is 4. The molecule has 4 rings (SSSR count). The first kappa shape index (κ1) is 12.8. The molecule has 0 aliphatic heterocycles. The number of hydrogen-bond donors (Lipinski definition) is 1. The van der Waals surface area contributed by atoms with E-state index in [1.54, 1.807) is 11.3 Å². The molecular weight excluding hydrogens is 282 g/mol. The van der Waals surface area contributed by atoms with E-state index in [4.69, 9.17) is 0 Å². The van der Waals surface area contributed by atoms with Crippen molar-refractivity contribution in [2.45, 2.75) is 33.2 Å². The Hall–Kier alpha value is -1.95. The number of aryl methyl sites for hydroxylation is 2. The molecule has 0 spiro atoms. The van der Waals surface area contributed by atoms with Crippen LogP contribution in [0.5, 0.6) is 0 Å². The average molecular weight is 299 g/mol. The first-order chi connectivity index (χ1) is 10.2. The van der Waals surface area contributed by atoms with Crippen molar-refractivity contribution in [2.75, 3.05) is 5.32 Å². The van der Waals surface area contributed by atoms with E-state index in [9.17, 15) is 0 Å². The Morgan fingerprint density at radius 3 is 3.00 bits per heavy atom. The van der Waals surface area contributed by atoms with E-state index in [1.165, 1.54) is 18.4 Å². The third-order valence-corrected chi connectivity index (χ3v) is 4.84. The minimum absolute atomic E-state index is 0.789. The Labute approximate surface area is 127 Å². The topological polar surface area (TPSA) is 55.6 Å². The van der Waals surface area contributed by atoms with E-state index >= 15 is 0 Å². The maximum absolute atomic E-state index is 4.54. The summed E-state index contributed by atoms with van der Waals surface area (Å²) in [4.78, 5) is 9.07. The Morgan fingerprint density at radius 1 is 1.33 bits per heavy atom. The molecule has 1 aliphatic rings. The maximum Gasteiger partial charge on any atom is 0.152 e. The first-order valence-electron chi connectivity index (χ1n) is 7.21. The van der Waals surface area contributed by atoms with Gasteiger partial charge in [0, 0.05) is 12.7 Å². The summed E-state index contributed by atoms with van der Waals surface area (Å²) in [6.07, 6.45) is 6.60. The SMILES string of the molecule is Cc1nc(Nc2cnn(CC3CC3)c2)c2scc(C)c2n1.